The highest BCUT2D eigenvalue weighted by Crippen LogP contribution is 2.19. The number of nitrogens with one attached hydrogen (secondary N) is 1. The van der Waals surface area contributed by atoms with Gasteiger partial charge in [0.25, 0.3) is 5.91 Å². The summed E-state index contributed by atoms with van der Waals surface area (Å²) < 4.78 is 5.17. The maximum absolute atomic E-state index is 12.2. The number of nitrogens with zero attached hydrogens (tertiary/aromatic N) is 1. The lowest BCUT2D eigenvalue weighted by atomic mass is 9.99. The van der Waals surface area contributed by atoms with Crippen LogP contribution in [0.15, 0.2) is 41.3 Å². The first-order chi connectivity index (χ1) is 10.5. The van der Waals surface area contributed by atoms with Gasteiger partial charge in [-0.3, -0.25) is 4.79 Å². The Morgan fingerprint density at radius 2 is 2.00 bits per heavy atom. The summed E-state index contributed by atoms with van der Waals surface area (Å²) in [7, 11) is 0. The number of rotatable bonds is 6. The van der Waals surface area contributed by atoms with Crippen molar-refractivity contribution in [3.8, 4) is 11.3 Å². The Hall–Kier alpha value is -2.63. The van der Waals surface area contributed by atoms with Crippen molar-refractivity contribution in [2.45, 2.75) is 26.3 Å². The molecular formula is C16H18N2O4. The number of aromatic nitrogens is 1. The van der Waals surface area contributed by atoms with E-state index in [1.54, 1.807) is 37.4 Å². The molecule has 0 unspecified atom stereocenters. The number of benzene rings is 1. The predicted molar refractivity (Wildman–Crippen MR) is 80.3 cm³/mol. The van der Waals surface area contributed by atoms with Gasteiger partial charge in [0.2, 0.25) is 0 Å². The van der Waals surface area contributed by atoms with Crippen LogP contribution >= 0.6 is 0 Å². The van der Waals surface area contributed by atoms with E-state index in [0.29, 0.717) is 17.7 Å². The number of amides is 1. The second-order valence-corrected chi connectivity index (χ2v) is 5.12. The van der Waals surface area contributed by atoms with Crippen LogP contribution in [0.1, 0.15) is 30.6 Å². The van der Waals surface area contributed by atoms with E-state index in [0.717, 1.165) is 5.56 Å². The second-order valence-electron chi connectivity index (χ2n) is 5.12. The van der Waals surface area contributed by atoms with Crippen molar-refractivity contribution in [3.63, 3.8) is 0 Å². The van der Waals surface area contributed by atoms with Gasteiger partial charge < -0.3 is 14.8 Å². The number of carboxylic acid groups (broad SMARTS) is 1. The summed E-state index contributed by atoms with van der Waals surface area (Å²) in [6, 6.07) is 5.82. The van der Waals surface area contributed by atoms with Crippen LogP contribution in [-0.4, -0.2) is 28.0 Å². The summed E-state index contributed by atoms with van der Waals surface area (Å²) in [4.78, 5) is 27.2. The predicted octanol–water partition coefficient (Wildman–Crippen LogP) is 2.57. The summed E-state index contributed by atoms with van der Waals surface area (Å²) in [5.74, 6) is -0.970. The first-order valence-corrected chi connectivity index (χ1v) is 7.05. The molecule has 0 radical (unpaired) electrons. The molecule has 1 amide bonds. The standard InChI is InChI=1S/C16H18N2O4/c1-3-10(2)14(16(20)21)18-15(19)12-6-4-11(5-7-12)13-8-17-9-22-13/h4-10,14H,3H2,1-2H3,(H,18,19)(H,20,21)/t10-,14-/m0/s1. The molecule has 116 valence electrons. The van der Waals surface area contributed by atoms with Gasteiger partial charge in [-0.25, -0.2) is 9.78 Å². The average molecular weight is 302 g/mol. The Morgan fingerprint density at radius 1 is 1.32 bits per heavy atom. The number of hydrogen-bond acceptors (Lipinski definition) is 4. The molecule has 0 fully saturated rings. The van der Waals surface area contributed by atoms with Crippen LogP contribution in [0.25, 0.3) is 11.3 Å². The highest BCUT2D eigenvalue weighted by atomic mass is 16.4. The lowest BCUT2D eigenvalue weighted by Gasteiger charge is -2.20. The third-order valence-electron chi connectivity index (χ3n) is 3.63. The first kappa shape index (κ1) is 15.8. The topological polar surface area (TPSA) is 92.4 Å². The molecule has 0 aliphatic heterocycles. The van der Waals surface area contributed by atoms with Crippen molar-refractivity contribution in [1.29, 1.82) is 0 Å². The highest BCUT2D eigenvalue weighted by Gasteiger charge is 2.25. The van der Waals surface area contributed by atoms with Crippen LogP contribution < -0.4 is 5.32 Å². The summed E-state index contributed by atoms with van der Waals surface area (Å²) in [6.07, 6.45) is 3.58. The van der Waals surface area contributed by atoms with Crippen molar-refractivity contribution in [2.75, 3.05) is 0 Å². The number of carboxylic acids is 1. The lowest BCUT2D eigenvalue weighted by molar-refractivity contribution is -0.140. The van der Waals surface area contributed by atoms with Gasteiger partial charge in [0.15, 0.2) is 12.2 Å². The Bertz CT molecular complexity index is 635. The van der Waals surface area contributed by atoms with Crippen molar-refractivity contribution in [1.82, 2.24) is 10.3 Å². The van der Waals surface area contributed by atoms with E-state index in [4.69, 9.17) is 4.42 Å². The lowest BCUT2D eigenvalue weighted by Crippen LogP contribution is -2.45. The van der Waals surface area contributed by atoms with Crippen LogP contribution in [0.5, 0.6) is 0 Å². The van der Waals surface area contributed by atoms with Crippen molar-refractivity contribution >= 4 is 11.9 Å². The fourth-order valence-corrected chi connectivity index (χ4v) is 2.05. The maximum Gasteiger partial charge on any atom is 0.326 e. The van der Waals surface area contributed by atoms with E-state index in [9.17, 15) is 14.7 Å². The van der Waals surface area contributed by atoms with Crippen LogP contribution in [0.4, 0.5) is 0 Å². The normalized spacial score (nSPS) is 13.4. The molecule has 0 spiro atoms. The molecule has 1 aromatic carbocycles. The molecule has 6 nitrogen and oxygen atoms in total. The van der Waals surface area contributed by atoms with Crippen LogP contribution in [0.2, 0.25) is 0 Å². The Kier molecular flexibility index (Phi) is 4.93. The Labute approximate surface area is 128 Å². The number of aliphatic carboxylic acids is 1. The van der Waals surface area contributed by atoms with E-state index < -0.39 is 17.9 Å². The van der Waals surface area contributed by atoms with Crippen LogP contribution in [0.3, 0.4) is 0 Å². The van der Waals surface area contributed by atoms with Gasteiger partial charge >= 0.3 is 5.97 Å². The smallest absolute Gasteiger partial charge is 0.326 e. The molecule has 2 aromatic rings. The molecule has 1 aromatic heterocycles. The average Bonchev–Trinajstić information content (AvgIpc) is 3.06. The number of carbonyl (C=O) groups excluding carboxylic acids is 1. The summed E-state index contributed by atoms with van der Waals surface area (Å²) in [6.45, 7) is 3.69. The molecule has 22 heavy (non-hydrogen) atoms. The molecule has 0 aliphatic rings. The third-order valence-corrected chi connectivity index (χ3v) is 3.63. The second kappa shape index (κ2) is 6.89. The molecule has 2 rings (SSSR count). The largest absolute Gasteiger partial charge is 0.480 e. The zero-order chi connectivity index (χ0) is 16.1. The van der Waals surface area contributed by atoms with E-state index in [1.807, 2.05) is 6.92 Å². The van der Waals surface area contributed by atoms with Gasteiger partial charge in [0, 0.05) is 11.1 Å². The molecule has 0 saturated heterocycles. The maximum atomic E-state index is 12.2. The zero-order valence-corrected chi connectivity index (χ0v) is 12.4. The van der Waals surface area contributed by atoms with Gasteiger partial charge in [0.1, 0.15) is 6.04 Å². The minimum Gasteiger partial charge on any atom is -0.480 e. The van der Waals surface area contributed by atoms with E-state index in [1.165, 1.54) is 6.39 Å². The quantitative estimate of drug-likeness (QED) is 0.855. The molecule has 0 bridgehead atoms. The molecular weight excluding hydrogens is 284 g/mol. The summed E-state index contributed by atoms with van der Waals surface area (Å²) >= 11 is 0. The number of oxazole rings is 1. The van der Waals surface area contributed by atoms with Crippen LogP contribution in [-0.2, 0) is 4.79 Å². The van der Waals surface area contributed by atoms with Gasteiger partial charge in [-0.05, 0) is 18.1 Å². The molecule has 2 atom stereocenters. The molecule has 0 saturated carbocycles. The molecule has 1 heterocycles. The van der Waals surface area contributed by atoms with E-state index in [2.05, 4.69) is 10.3 Å². The minimum absolute atomic E-state index is 0.144. The molecule has 0 aliphatic carbocycles. The molecule has 2 N–H and O–H groups in total. The molecule has 6 heteroatoms. The minimum atomic E-state index is -1.03. The fourth-order valence-electron chi connectivity index (χ4n) is 2.05. The summed E-state index contributed by atoms with van der Waals surface area (Å²) in [5, 5.41) is 11.8. The van der Waals surface area contributed by atoms with Gasteiger partial charge in [-0.15, -0.1) is 0 Å². The van der Waals surface area contributed by atoms with Gasteiger partial charge in [-0.1, -0.05) is 32.4 Å². The van der Waals surface area contributed by atoms with Crippen molar-refractivity contribution < 1.29 is 19.1 Å². The number of carbonyl (C=O) groups is 2. The Balaban J connectivity index is 2.11. The third kappa shape index (κ3) is 3.52. The van der Waals surface area contributed by atoms with Crippen LogP contribution in [0, 0.1) is 5.92 Å². The zero-order valence-electron chi connectivity index (χ0n) is 12.4. The van der Waals surface area contributed by atoms with Crippen molar-refractivity contribution in [3.05, 3.63) is 42.4 Å². The van der Waals surface area contributed by atoms with E-state index >= 15 is 0 Å². The SMILES string of the molecule is CC[C@H](C)[C@H](NC(=O)c1ccc(-c2cnco2)cc1)C(=O)O. The Morgan fingerprint density at radius 3 is 2.50 bits per heavy atom. The highest BCUT2D eigenvalue weighted by molar-refractivity contribution is 5.97. The van der Waals surface area contributed by atoms with Gasteiger partial charge in [-0.2, -0.15) is 0 Å². The first-order valence-electron chi connectivity index (χ1n) is 7.05. The van der Waals surface area contributed by atoms with Crippen molar-refractivity contribution in [2.24, 2.45) is 5.92 Å². The van der Waals surface area contributed by atoms with E-state index in [-0.39, 0.29) is 5.92 Å². The summed E-state index contributed by atoms with van der Waals surface area (Å²) in [5.41, 5.74) is 1.20. The monoisotopic (exact) mass is 302 g/mol. The fraction of sp³-hybridized carbons (Fsp3) is 0.312. The number of hydrogen-bond donors (Lipinski definition) is 2. The van der Waals surface area contributed by atoms with Gasteiger partial charge in [0.05, 0.1) is 6.20 Å².